The summed E-state index contributed by atoms with van der Waals surface area (Å²) in [7, 11) is 0. The van der Waals surface area contributed by atoms with Crippen LogP contribution in [0.4, 0.5) is 0 Å². The first-order valence-corrected chi connectivity index (χ1v) is 10.7. The van der Waals surface area contributed by atoms with Crippen LogP contribution in [-0.2, 0) is 4.74 Å². The van der Waals surface area contributed by atoms with Crippen molar-refractivity contribution in [2.75, 3.05) is 26.3 Å². The molecule has 0 radical (unpaired) electrons. The predicted octanol–water partition coefficient (Wildman–Crippen LogP) is 3.31. The van der Waals surface area contributed by atoms with Gasteiger partial charge in [-0.05, 0) is 62.1 Å². The molecule has 2 aliphatic rings. The Balaban J connectivity index is 1.17. The number of aromatic nitrogens is 3. The van der Waals surface area contributed by atoms with Crippen LogP contribution in [0.3, 0.4) is 0 Å². The van der Waals surface area contributed by atoms with Gasteiger partial charge in [-0.2, -0.15) is 0 Å². The predicted molar refractivity (Wildman–Crippen MR) is 112 cm³/mol. The third kappa shape index (κ3) is 3.89. The summed E-state index contributed by atoms with van der Waals surface area (Å²) in [6.45, 7) is 2.84. The molecule has 0 aliphatic carbocycles. The number of likely N-dealkylation sites (tertiary alicyclic amines) is 1. The van der Waals surface area contributed by atoms with Crippen molar-refractivity contribution in [1.82, 2.24) is 19.5 Å². The van der Waals surface area contributed by atoms with Crippen molar-refractivity contribution >= 4 is 11.6 Å². The number of nitrogens with zero attached hydrogens (tertiary/aromatic N) is 4. The van der Waals surface area contributed by atoms with Crippen LogP contribution in [0.1, 0.15) is 47.8 Å². The van der Waals surface area contributed by atoms with Crippen molar-refractivity contribution in [3.63, 3.8) is 0 Å². The molecule has 1 amide bonds. The number of benzene rings is 1. The van der Waals surface area contributed by atoms with Crippen LogP contribution in [0.15, 0.2) is 48.7 Å². The molecule has 0 N–H and O–H groups in total. The highest BCUT2D eigenvalue weighted by atomic mass is 16.5. The van der Waals surface area contributed by atoms with Crippen LogP contribution in [0.5, 0.6) is 5.75 Å². The average Bonchev–Trinajstić information content (AvgIpc) is 3.48. The van der Waals surface area contributed by atoms with E-state index in [-0.39, 0.29) is 12.0 Å². The Morgan fingerprint density at radius 3 is 2.67 bits per heavy atom. The molecule has 1 atom stereocenters. The molecule has 2 saturated heterocycles. The molecule has 5 rings (SSSR count). The number of ether oxygens (including phenoxy) is 2. The van der Waals surface area contributed by atoms with Crippen molar-refractivity contribution < 1.29 is 14.3 Å². The molecule has 2 fully saturated rings. The molecule has 0 spiro atoms. The molecular formula is C23H26N4O3. The lowest BCUT2D eigenvalue weighted by atomic mass is 9.95. The van der Waals surface area contributed by atoms with E-state index in [2.05, 4.69) is 14.6 Å². The quantitative estimate of drug-likeness (QED) is 0.650. The minimum atomic E-state index is 0.0743. The summed E-state index contributed by atoms with van der Waals surface area (Å²) >= 11 is 0. The van der Waals surface area contributed by atoms with E-state index in [0.29, 0.717) is 18.1 Å². The Hall–Kier alpha value is -2.93. The van der Waals surface area contributed by atoms with E-state index >= 15 is 0 Å². The first-order chi connectivity index (χ1) is 14.8. The first-order valence-electron chi connectivity index (χ1n) is 10.7. The lowest BCUT2D eigenvalue weighted by Gasteiger charge is -2.31. The standard InChI is InChI=1S/C23H26N4O3/c28-23(18-6-8-19(9-7-18)30-16-20-4-3-15-29-20)26-13-10-17(11-14-26)22-25-24-21-5-1-2-12-27(21)22/h1-2,5-9,12,17,20H,3-4,10-11,13-16H2/t20-/m0/s1. The zero-order valence-corrected chi connectivity index (χ0v) is 16.9. The van der Waals surface area contributed by atoms with E-state index in [9.17, 15) is 4.79 Å². The van der Waals surface area contributed by atoms with Crippen LogP contribution in [0.25, 0.3) is 5.65 Å². The minimum Gasteiger partial charge on any atom is -0.491 e. The Bertz CT molecular complexity index is 1000. The molecule has 0 saturated carbocycles. The van der Waals surface area contributed by atoms with E-state index in [1.165, 1.54) is 0 Å². The Morgan fingerprint density at radius 2 is 1.90 bits per heavy atom. The third-order valence-corrected chi connectivity index (χ3v) is 6.05. The SMILES string of the molecule is O=C(c1ccc(OC[C@@H]2CCCO2)cc1)N1CCC(c2nnc3ccccn23)CC1. The second-order valence-electron chi connectivity index (χ2n) is 8.02. The summed E-state index contributed by atoms with van der Waals surface area (Å²) < 4.78 is 13.4. The van der Waals surface area contributed by atoms with E-state index in [4.69, 9.17) is 9.47 Å². The number of amides is 1. The van der Waals surface area contributed by atoms with Crippen molar-refractivity contribution in [3.05, 3.63) is 60.0 Å². The van der Waals surface area contributed by atoms with E-state index < -0.39 is 0 Å². The lowest BCUT2D eigenvalue weighted by molar-refractivity contribution is 0.0677. The number of piperidine rings is 1. The molecule has 4 heterocycles. The van der Waals surface area contributed by atoms with Gasteiger partial charge in [0.25, 0.3) is 5.91 Å². The number of pyridine rings is 1. The van der Waals surface area contributed by atoms with Gasteiger partial charge in [-0.25, -0.2) is 0 Å². The number of carbonyl (C=O) groups excluding carboxylic acids is 1. The first kappa shape index (κ1) is 19.1. The lowest BCUT2D eigenvalue weighted by Crippen LogP contribution is -2.38. The molecule has 0 bridgehead atoms. The van der Waals surface area contributed by atoms with Crippen LogP contribution in [0, 0.1) is 0 Å². The summed E-state index contributed by atoms with van der Waals surface area (Å²) in [6.07, 6.45) is 6.14. The van der Waals surface area contributed by atoms with Gasteiger partial charge in [0.1, 0.15) is 18.2 Å². The normalized spacial score (nSPS) is 20.0. The van der Waals surface area contributed by atoms with Gasteiger partial charge < -0.3 is 14.4 Å². The Kier molecular flexibility index (Phi) is 5.36. The van der Waals surface area contributed by atoms with Gasteiger partial charge in [-0.1, -0.05) is 6.07 Å². The second kappa shape index (κ2) is 8.44. The number of rotatable bonds is 5. The molecule has 3 aromatic rings. The number of fused-ring (bicyclic) bond motifs is 1. The van der Waals surface area contributed by atoms with Crippen molar-refractivity contribution in [2.45, 2.75) is 37.7 Å². The fourth-order valence-electron chi connectivity index (χ4n) is 4.32. The topological polar surface area (TPSA) is 69.0 Å². The maximum absolute atomic E-state index is 12.9. The molecule has 1 aromatic carbocycles. The van der Waals surface area contributed by atoms with Crippen LogP contribution >= 0.6 is 0 Å². The van der Waals surface area contributed by atoms with E-state index in [1.54, 1.807) is 0 Å². The van der Waals surface area contributed by atoms with Gasteiger partial charge in [-0.3, -0.25) is 9.20 Å². The third-order valence-electron chi connectivity index (χ3n) is 6.05. The zero-order chi connectivity index (χ0) is 20.3. The highest BCUT2D eigenvalue weighted by molar-refractivity contribution is 5.94. The number of hydrogen-bond donors (Lipinski definition) is 0. The zero-order valence-electron chi connectivity index (χ0n) is 16.9. The molecule has 2 aliphatic heterocycles. The summed E-state index contributed by atoms with van der Waals surface area (Å²) in [5.74, 6) is 2.16. The Morgan fingerprint density at radius 1 is 1.07 bits per heavy atom. The van der Waals surface area contributed by atoms with E-state index in [0.717, 1.165) is 62.6 Å². The van der Waals surface area contributed by atoms with Gasteiger partial charge >= 0.3 is 0 Å². The maximum Gasteiger partial charge on any atom is 0.253 e. The van der Waals surface area contributed by atoms with Crippen molar-refractivity contribution in [2.24, 2.45) is 0 Å². The fourth-order valence-corrected chi connectivity index (χ4v) is 4.32. The summed E-state index contributed by atoms with van der Waals surface area (Å²) in [5, 5.41) is 8.65. The molecule has 7 heteroatoms. The van der Waals surface area contributed by atoms with Crippen LogP contribution < -0.4 is 4.74 Å². The van der Waals surface area contributed by atoms with E-state index in [1.807, 2.05) is 53.6 Å². The molecule has 156 valence electrons. The van der Waals surface area contributed by atoms with Crippen LogP contribution in [0.2, 0.25) is 0 Å². The Labute approximate surface area is 175 Å². The average molecular weight is 406 g/mol. The summed E-state index contributed by atoms with van der Waals surface area (Å²) in [5.41, 5.74) is 1.57. The molecule has 30 heavy (non-hydrogen) atoms. The van der Waals surface area contributed by atoms with Gasteiger partial charge in [0, 0.05) is 37.4 Å². The van der Waals surface area contributed by atoms with Crippen molar-refractivity contribution in [1.29, 1.82) is 0 Å². The smallest absolute Gasteiger partial charge is 0.253 e. The highest BCUT2D eigenvalue weighted by Gasteiger charge is 2.27. The van der Waals surface area contributed by atoms with Crippen LogP contribution in [-0.4, -0.2) is 57.8 Å². The number of carbonyl (C=O) groups is 1. The van der Waals surface area contributed by atoms with Gasteiger partial charge in [0.05, 0.1) is 6.10 Å². The second-order valence-corrected chi connectivity index (χ2v) is 8.02. The van der Waals surface area contributed by atoms with Gasteiger partial charge in [0.15, 0.2) is 5.65 Å². The largest absolute Gasteiger partial charge is 0.491 e. The molecule has 2 aromatic heterocycles. The minimum absolute atomic E-state index is 0.0743. The van der Waals surface area contributed by atoms with Gasteiger partial charge in [-0.15, -0.1) is 10.2 Å². The molecular weight excluding hydrogens is 380 g/mol. The molecule has 7 nitrogen and oxygen atoms in total. The number of hydrogen-bond acceptors (Lipinski definition) is 5. The fraction of sp³-hybridized carbons (Fsp3) is 0.435. The summed E-state index contributed by atoms with van der Waals surface area (Å²) in [6, 6.07) is 13.4. The highest BCUT2D eigenvalue weighted by Crippen LogP contribution is 2.28. The monoisotopic (exact) mass is 406 g/mol. The van der Waals surface area contributed by atoms with Crippen molar-refractivity contribution in [3.8, 4) is 5.75 Å². The maximum atomic E-state index is 12.9. The molecule has 0 unspecified atom stereocenters. The van der Waals surface area contributed by atoms with Gasteiger partial charge in [0.2, 0.25) is 0 Å². The summed E-state index contributed by atoms with van der Waals surface area (Å²) in [4.78, 5) is 14.8.